The molecule has 5 heteroatoms. The van der Waals surface area contributed by atoms with E-state index in [-0.39, 0.29) is 17.3 Å². The van der Waals surface area contributed by atoms with Crippen molar-refractivity contribution < 1.29 is 9.53 Å². The van der Waals surface area contributed by atoms with Gasteiger partial charge in [-0.1, -0.05) is 40.2 Å². The Labute approximate surface area is 139 Å². The Bertz CT molecular complexity index is 675. The number of carbonyl (C=O) groups is 1. The summed E-state index contributed by atoms with van der Waals surface area (Å²) in [5.74, 6) is 0.603. The van der Waals surface area contributed by atoms with Crippen LogP contribution in [-0.2, 0) is 4.79 Å². The highest BCUT2D eigenvalue weighted by Gasteiger charge is 2.19. The van der Waals surface area contributed by atoms with E-state index in [1.165, 1.54) is 9.13 Å². The molecular weight excluding hydrogens is 433 g/mol. The molecule has 2 aromatic rings. The molecule has 102 valence electrons. The fraction of sp³-hybridized carbons (Fsp3) is 0.133. The van der Waals surface area contributed by atoms with Crippen molar-refractivity contribution in [1.82, 2.24) is 0 Å². The third kappa shape index (κ3) is 2.69. The predicted molar refractivity (Wildman–Crippen MR) is 90.5 cm³/mol. The van der Waals surface area contributed by atoms with Crippen molar-refractivity contribution in [3.8, 4) is 5.75 Å². The zero-order chi connectivity index (χ0) is 14.1. The topological polar surface area (TPSA) is 38.3 Å². The number of hydrogen-bond donors (Lipinski definition) is 1. The van der Waals surface area contributed by atoms with E-state index in [1.807, 2.05) is 30.3 Å². The average Bonchev–Trinajstić information content (AvgIpc) is 2.46. The fourth-order valence-electron chi connectivity index (χ4n) is 2.12. The number of nitrogens with one attached hydrogen (secondary N) is 1. The lowest BCUT2D eigenvalue weighted by molar-refractivity contribution is -0.118. The van der Waals surface area contributed by atoms with Crippen LogP contribution >= 0.6 is 38.5 Å². The van der Waals surface area contributed by atoms with Crippen LogP contribution in [0.5, 0.6) is 5.75 Å². The summed E-state index contributed by atoms with van der Waals surface area (Å²) in [6.07, 6.45) is 0. The Morgan fingerprint density at radius 3 is 2.85 bits per heavy atom. The van der Waals surface area contributed by atoms with Crippen LogP contribution in [0, 0.1) is 3.57 Å². The van der Waals surface area contributed by atoms with Gasteiger partial charge in [0, 0.05) is 3.57 Å². The van der Waals surface area contributed by atoms with Gasteiger partial charge in [0.25, 0.3) is 5.91 Å². The van der Waals surface area contributed by atoms with Crippen LogP contribution in [0.2, 0.25) is 0 Å². The number of benzene rings is 2. The molecule has 0 spiro atoms. The standard InChI is InChI=1S/C15H11BrINO2/c16-15(10-3-1-2-4-11(10)17)9-5-6-13-12(7-9)18-14(19)8-20-13/h1-7,15H,8H2,(H,18,19). The summed E-state index contributed by atoms with van der Waals surface area (Å²) in [7, 11) is 0. The Morgan fingerprint density at radius 1 is 1.25 bits per heavy atom. The maximum Gasteiger partial charge on any atom is 0.262 e. The summed E-state index contributed by atoms with van der Waals surface area (Å²) >= 11 is 6.05. The number of amides is 1. The molecule has 1 heterocycles. The third-order valence-corrected chi connectivity index (χ3v) is 5.11. The van der Waals surface area contributed by atoms with Gasteiger partial charge in [-0.15, -0.1) is 0 Å². The Kier molecular flexibility index (Phi) is 3.98. The van der Waals surface area contributed by atoms with Gasteiger partial charge < -0.3 is 10.1 Å². The SMILES string of the molecule is O=C1COc2ccc(C(Br)c3ccccc3I)cc2N1. The number of fused-ring (bicyclic) bond motifs is 1. The first-order valence-electron chi connectivity index (χ1n) is 6.10. The number of hydrogen-bond acceptors (Lipinski definition) is 2. The van der Waals surface area contributed by atoms with E-state index in [0.29, 0.717) is 0 Å². The Hall–Kier alpha value is -1.08. The minimum absolute atomic E-state index is 0.0831. The normalized spacial score (nSPS) is 15.0. The van der Waals surface area contributed by atoms with Crippen LogP contribution in [0.25, 0.3) is 0 Å². The summed E-state index contributed by atoms with van der Waals surface area (Å²) in [6, 6.07) is 14.1. The number of halogens is 2. The summed E-state index contributed by atoms with van der Waals surface area (Å²) < 4.78 is 6.57. The molecule has 3 nitrogen and oxygen atoms in total. The minimum atomic E-state index is -0.116. The van der Waals surface area contributed by atoms with Crippen LogP contribution < -0.4 is 10.1 Å². The largest absolute Gasteiger partial charge is 0.482 e. The van der Waals surface area contributed by atoms with Gasteiger partial charge in [-0.25, -0.2) is 0 Å². The second-order valence-corrected chi connectivity index (χ2v) is 6.55. The second kappa shape index (κ2) is 5.73. The molecule has 0 saturated heterocycles. The molecule has 1 unspecified atom stereocenters. The fourth-order valence-corrected chi connectivity index (χ4v) is 3.93. The number of anilines is 1. The maximum atomic E-state index is 11.4. The molecular formula is C15H11BrINO2. The van der Waals surface area contributed by atoms with Gasteiger partial charge in [0.05, 0.1) is 10.5 Å². The van der Waals surface area contributed by atoms with E-state index >= 15 is 0 Å². The molecule has 0 aromatic heterocycles. The molecule has 1 atom stereocenters. The van der Waals surface area contributed by atoms with Crippen LogP contribution in [0.1, 0.15) is 16.0 Å². The van der Waals surface area contributed by atoms with Crippen molar-refractivity contribution in [3.63, 3.8) is 0 Å². The molecule has 0 radical (unpaired) electrons. The number of rotatable bonds is 2. The minimum Gasteiger partial charge on any atom is -0.482 e. The molecule has 1 N–H and O–H groups in total. The van der Waals surface area contributed by atoms with E-state index in [0.717, 1.165) is 17.0 Å². The Morgan fingerprint density at radius 2 is 2.05 bits per heavy atom. The van der Waals surface area contributed by atoms with Crippen molar-refractivity contribution in [3.05, 3.63) is 57.2 Å². The van der Waals surface area contributed by atoms with Gasteiger partial charge in [0.2, 0.25) is 0 Å². The van der Waals surface area contributed by atoms with E-state index in [1.54, 1.807) is 0 Å². The number of carbonyl (C=O) groups excluding carboxylic acids is 1. The molecule has 0 bridgehead atoms. The first kappa shape index (κ1) is 13.9. The quantitative estimate of drug-likeness (QED) is 0.560. The number of ether oxygens (including phenoxy) is 1. The van der Waals surface area contributed by atoms with E-state index in [4.69, 9.17) is 4.74 Å². The van der Waals surface area contributed by atoms with Gasteiger partial charge in [-0.05, 0) is 51.9 Å². The first-order valence-corrected chi connectivity index (χ1v) is 8.09. The smallest absolute Gasteiger partial charge is 0.262 e. The summed E-state index contributed by atoms with van der Waals surface area (Å²) in [4.78, 5) is 11.5. The molecule has 20 heavy (non-hydrogen) atoms. The third-order valence-electron chi connectivity index (χ3n) is 3.11. The lowest BCUT2D eigenvalue weighted by Gasteiger charge is -2.20. The highest BCUT2D eigenvalue weighted by atomic mass is 127. The molecule has 1 aliphatic rings. The zero-order valence-electron chi connectivity index (χ0n) is 10.4. The molecule has 0 aliphatic carbocycles. The van der Waals surface area contributed by atoms with Crippen molar-refractivity contribution in [2.45, 2.75) is 4.83 Å². The molecule has 1 aliphatic heterocycles. The lowest BCUT2D eigenvalue weighted by atomic mass is 10.0. The molecule has 0 fully saturated rings. The van der Waals surface area contributed by atoms with Crippen LogP contribution in [-0.4, -0.2) is 12.5 Å². The second-order valence-electron chi connectivity index (χ2n) is 4.48. The average molecular weight is 444 g/mol. The molecule has 1 amide bonds. The van der Waals surface area contributed by atoms with Crippen molar-refractivity contribution in [2.75, 3.05) is 11.9 Å². The highest BCUT2D eigenvalue weighted by molar-refractivity contribution is 14.1. The van der Waals surface area contributed by atoms with E-state index in [9.17, 15) is 4.79 Å². The molecule has 2 aromatic carbocycles. The lowest BCUT2D eigenvalue weighted by Crippen LogP contribution is -2.25. The van der Waals surface area contributed by atoms with Crippen molar-refractivity contribution in [1.29, 1.82) is 0 Å². The van der Waals surface area contributed by atoms with Gasteiger partial charge >= 0.3 is 0 Å². The highest BCUT2D eigenvalue weighted by Crippen LogP contribution is 2.37. The maximum absolute atomic E-state index is 11.4. The van der Waals surface area contributed by atoms with Gasteiger partial charge in [0.15, 0.2) is 6.61 Å². The van der Waals surface area contributed by atoms with Gasteiger partial charge in [-0.2, -0.15) is 0 Å². The van der Waals surface area contributed by atoms with Gasteiger partial charge in [-0.3, -0.25) is 4.79 Å². The van der Waals surface area contributed by atoms with E-state index < -0.39 is 0 Å². The first-order chi connectivity index (χ1) is 9.65. The molecule has 3 rings (SSSR count). The zero-order valence-corrected chi connectivity index (χ0v) is 14.1. The van der Waals surface area contributed by atoms with E-state index in [2.05, 4.69) is 56.0 Å². The predicted octanol–water partition coefficient (Wildman–Crippen LogP) is 4.11. The molecule has 0 saturated carbocycles. The number of alkyl halides is 1. The van der Waals surface area contributed by atoms with Crippen LogP contribution in [0.15, 0.2) is 42.5 Å². The van der Waals surface area contributed by atoms with Crippen LogP contribution in [0.4, 0.5) is 5.69 Å². The monoisotopic (exact) mass is 443 g/mol. The van der Waals surface area contributed by atoms with Crippen LogP contribution in [0.3, 0.4) is 0 Å². The summed E-state index contributed by atoms with van der Waals surface area (Å²) in [6.45, 7) is 0.0840. The van der Waals surface area contributed by atoms with Crippen molar-refractivity contribution in [2.24, 2.45) is 0 Å². The van der Waals surface area contributed by atoms with Gasteiger partial charge in [0.1, 0.15) is 5.75 Å². The summed E-state index contributed by atoms with van der Waals surface area (Å²) in [5.41, 5.74) is 3.02. The van der Waals surface area contributed by atoms with Crippen molar-refractivity contribution >= 4 is 50.1 Å². The Balaban J connectivity index is 1.97. The summed E-state index contributed by atoms with van der Waals surface area (Å²) in [5, 5.41) is 2.83.